The van der Waals surface area contributed by atoms with Crippen molar-refractivity contribution in [1.82, 2.24) is 0 Å². The standard InChI is InChI=1S/C15H20N2O3/c1-10-4-2-5-11-6-3-9-17(14(10)11)15(20)12(16)7-8-13(18)19/h2,4-5,12H,3,6-9,16H2,1H3,(H,18,19). The first-order valence-corrected chi connectivity index (χ1v) is 6.88. The number of aliphatic carboxylic acids is 1. The SMILES string of the molecule is Cc1cccc2c1N(C(=O)C(N)CCC(=O)O)CCC2. The molecule has 0 radical (unpaired) electrons. The Hall–Kier alpha value is -1.88. The molecule has 0 bridgehead atoms. The Morgan fingerprint density at radius 3 is 2.90 bits per heavy atom. The maximum absolute atomic E-state index is 12.4. The Kier molecular flexibility index (Phi) is 4.39. The molecule has 1 heterocycles. The molecule has 0 saturated carbocycles. The summed E-state index contributed by atoms with van der Waals surface area (Å²) in [5.74, 6) is -1.11. The number of benzene rings is 1. The predicted molar refractivity (Wildman–Crippen MR) is 76.7 cm³/mol. The summed E-state index contributed by atoms with van der Waals surface area (Å²) in [7, 11) is 0. The molecule has 0 aromatic heterocycles. The second-order valence-electron chi connectivity index (χ2n) is 5.21. The van der Waals surface area contributed by atoms with Gasteiger partial charge in [0.15, 0.2) is 0 Å². The summed E-state index contributed by atoms with van der Waals surface area (Å²) in [6, 6.07) is 5.25. The zero-order valence-corrected chi connectivity index (χ0v) is 11.6. The molecule has 1 atom stereocenters. The van der Waals surface area contributed by atoms with E-state index in [0.717, 1.165) is 29.7 Å². The zero-order valence-electron chi connectivity index (χ0n) is 11.6. The van der Waals surface area contributed by atoms with E-state index in [2.05, 4.69) is 0 Å². The number of nitrogens with two attached hydrogens (primary N) is 1. The highest BCUT2D eigenvalue weighted by atomic mass is 16.4. The largest absolute Gasteiger partial charge is 0.481 e. The summed E-state index contributed by atoms with van der Waals surface area (Å²) < 4.78 is 0. The molecule has 108 valence electrons. The molecule has 1 aromatic rings. The van der Waals surface area contributed by atoms with Crippen LogP contribution in [0.3, 0.4) is 0 Å². The number of nitrogens with zero attached hydrogens (tertiary/aromatic N) is 1. The molecule has 1 aliphatic heterocycles. The van der Waals surface area contributed by atoms with Gasteiger partial charge in [0.1, 0.15) is 0 Å². The first-order chi connectivity index (χ1) is 9.50. The summed E-state index contributed by atoms with van der Waals surface area (Å²) >= 11 is 0. The van der Waals surface area contributed by atoms with E-state index in [1.165, 1.54) is 0 Å². The third-order valence-corrected chi connectivity index (χ3v) is 3.67. The summed E-state index contributed by atoms with van der Waals surface area (Å²) in [6.07, 6.45) is 1.96. The third kappa shape index (κ3) is 2.99. The highest BCUT2D eigenvalue weighted by Crippen LogP contribution is 2.30. The Morgan fingerprint density at radius 1 is 1.45 bits per heavy atom. The van der Waals surface area contributed by atoms with Gasteiger partial charge in [-0.15, -0.1) is 0 Å². The molecular formula is C15H20N2O3. The van der Waals surface area contributed by atoms with Gasteiger partial charge in [-0.25, -0.2) is 0 Å². The van der Waals surface area contributed by atoms with Gasteiger partial charge in [0, 0.05) is 18.7 Å². The number of amides is 1. The Labute approximate surface area is 118 Å². The number of aryl methyl sites for hydroxylation is 2. The van der Waals surface area contributed by atoms with Crippen LogP contribution in [0.25, 0.3) is 0 Å². The summed E-state index contributed by atoms with van der Waals surface area (Å²) in [5, 5.41) is 8.68. The fourth-order valence-electron chi connectivity index (χ4n) is 2.67. The Morgan fingerprint density at radius 2 is 2.20 bits per heavy atom. The fourth-order valence-corrected chi connectivity index (χ4v) is 2.67. The first kappa shape index (κ1) is 14.5. The fraction of sp³-hybridized carbons (Fsp3) is 0.467. The van der Waals surface area contributed by atoms with Crippen LogP contribution < -0.4 is 10.6 Å². The van der Waals surface area contributed by atoms with Crippen LogP contribution in [0.2, 0.25) is 0 Å². The van der Waals surface area contributed by atoms with Crippen LogP contribution in [-0.4, -0.2) is 29.6 Å². The number of anilines is 1. The van der Waals surface area contributed by atoms with E-state index in [-0.39, 0.29) is 18.7 Å². The molecule has 2 rings (SSSR count). The number of hydrogen-bond donors (Lipinski definition) is 2. The van der Waals surface area contributed by atoms with Gasteiger partial charge in [0.25, 0.3) is 0 Å². The van der Waals surface area contributed by atoms with E-state index in [9.17, 15) is 9.59 Å². The molecule has 0 saturated heterocycles. The molecule has 1 aromatic carbocycles. The van der Waals surface area contributed by atoms with Gasteiger partial charge < -0.3 is 15.7 Å². The minimum absolute atomic E-state index is 0.0820. The van der Waals surface area contributed by atoms with Crippen molar-refractivity contribution >= 4 is 17.6 Å². The number of carboxylic acids is 1. The molecule has 0 spiro atoms. The first-order valence-electron chi connectivity index (χ1n) is 6.88. The molecule has 1 aliphatic rings. The van der Waals surface area contributed by atoms with Gasteiger partial charge in [-0.05, 0) is 37.3 Å². The normalized spacial score (nSPS) is 15.6. The number of hydrogen-bond acceptors (Lipinski definition) is 3. The van der Waals surface area contributed by atoms with Crippen LogP contribution in [0.15, 0.2) is 18.2 Å². The molecule has 5 nitrogen and oxygen atoms in total. The predicted octanol–water partition coefficient (Wildman–Crippen LogP) is 1.47. The topological polar surface area (TPSA) is 83.6 Å². The Bertz CT molecular complexity index is 528. The van der Waals surface area contributed by atoms with E-state index in [4.69, 9.17) is 10.8 Å². The molecule has 1 amide bonds. The Balaban J connectivity index is 2.18. The van der Waals surface area contributed by atoms with Crippen molar-refractivity contribution in [3.63, 3.8) is 0 Å². The number of carbonyl (C=O) groups excluding carboxylic acids is 1. The number of carboxylic acid groups (broad SMARTS) is 1. The van der Waals surface area contributed by atoms with Crippen molar-refractivity contribution in [2.24, 2.45) is 5.73 Å². The van der Waals surface area contributed by atoms with Crippen LogP contribution in [-0.2, 0) is 16.0 Å². The van der Waals surface area contributed by atoms with Crippen molar-refractivity contribution in [1.29, 1.82) is 0 Å². The molecule has 0 fully saturated rings. The van der Waals surface area contributed by atoms with Gasteiger partial charge in [0.05, 0.1) is 6.04 Å². The van der Waals surface area contributed by atoms with Crippen molar-refractivity contribution in [3.05, 3.63) is 29.3 Å². The number of para-hydroxylation sites is 1. The minimum atomic E-state index is -0.927. The van der Waals surface area contributed by atoms with Crippen LogP contribution in [0.1, 0.15) is 30.4 Å². The van der Waals surface area contributed by atoms with E-state index in [1.54, 1.807) is 4.90 Å². The van der Waals surface area contributed by atoms with Crippen molar-refractivity contribution in [2.75, 3.05) is 11.4 Å². The number of carbonyl (C=O) groups is 2. The van der Waals surface area contributed by atoms with Crippen LogP contribution in [0.5, 0.6) is 0 Å². The van der Waals surface area contributed by atoms with Crippen molar-refractivity contribution < 1.29 is 14.7 Å². The highest BCUT2D eigenvalue weighted by molar-refractivity contribution is 5.99. The molecule has 1 unspecified atom stereocenters. The minimum Gasteiger partial charge on any atom is -0.481 e. The van der Waals surface area contributed by atoms with Gasteiger partial charge in [-0.2, -0.15) is 0 Å². The maximum atomic E-state index is 12.4. The number of fused-ring (bicyclic) bond motifs is 1. The lowest BCUT2D eigenvalue weighted by atomic mass is 9.97. The molecule has 3 N–H and O–H groups in total. The average Bonchev–Trinajstić information content (AvgIpc) is 2.43. The molecule has 5 heteroatoms. The van der Waals surface area contributed by atoms with E-state index >= 15 is 0 Å². The summed E-state index contributed by atoms with van der Waals surface area (Å²) in [6.45, 7) is 2.63. The van der Waals surface area contributed by atoms with E-state index in [1.807, 2.05) is 25.1 Å². The van der Waals surface area contributed by atoms with Crippen molar-refractivity contribution in [2.45, 2.75) is 38.6 Å². The lowest BCUT2D eigenvalue weighted by Gasteiger charge is -2.32. The van der Waals surface area contributed by atoms with Gasteiger partial charge >= 0.3 is 5.97 Å². The maximum Gasteiger partial charge on any atom is 0.303 e. The van der Waals surface area contributed by atoms with E-state index in [0.29, 0.717) is 6.54 Å². The quantitative estimate of drug-likeness (QED) is 0.872. The van der Waals surface area contributed by atoms with Gasteiger partial charge in [0.2, 0.25) is 5.91 Å². The summed E-state index contributed by atoms with van der Waals surface area (Å²) in [5.41, 5.74) is 9.02. The summed E-state index contributed by atoms with van der Waals surface area (Å²) in [4.78, 5) is 24.7. The van der Waals surface area contributed by atoms with E-state index < -0.39 is 12.0 Å². The van der Waals surface area contributed by atoms with Crippen LogP contribution >= 0.6 is 0 Å². The number of rotatable bonds is 4. The van der Waals surface area contributed by atoms with Crippen LogP contribution in [0.4, 0.5) is 5.69 Å². The zero-order chi connectivity index (χ0) is 14.7. The second-order valence-corrected chi connectivity index (χ2v) is 5.21. The monoisotopic (exact) mass is 276 g/mol. The smallest absolute Gasteiger partial charge is 0.303 e. The van der Waals surface area contributed by atoms with Crippen molar-refractivity contribution in [3.8, 4) is 0 Å². The lowest BCUT2D eigenvalue weighted by Crippen LogP contribution is -2.46. The van der Waals surface area contributed by atoms with Gasteiger partial charge in [-0.1, -0.05) is 18.2 Å². The molecule has 0 aliphatic carbocycles. The van der Waals surface area contributed by atoms with Gasteiger partial charge in [-0.3, -0.25) is 9.59 Å². The lowest BCUT2D eigenvalue weighted by molar-refractivity contribution is -0.137. The highest BCUT2D eigenvalue weighted by Gasteiger charge is 2.27. The third-order valence-electron chi connectivity index (χ3n) is 3.67. The molecular weight excluding hydrogens is 256 g/mol. The second kappa shape index (κ2) is 6.05. The van der Waals surface area contributed by atoms with Crippen LogP contribution in [0, 0.1) is 6.92 Å². The average molecular weight is 276 g/mol. The molecule has 20 heavy (non-hydrogen) atoms.